The predicted molar refractivity (Wildman–Crippen MR) is 104 cm³/mol. The van der Waals surface area contributed by atoms with Crippen molar-refractivity contribution < 1.29 is 9.21 Å². The molecule has 1 heterocycles. The van der Waals surface area contributed by atoms with Gasteiger partial charge in [0.1, 0.15) is 0 Å². The van der Waals surface area contributed by atoms with E-state index in [1.54, 1.807) is 6.20 Å². The van der Waals surface area contributed by atoms with Crippen LogP contribution < -0.4 is 5.32 Å². The number of aromatic nitrogens is 1. The number of carbonyl (C=O) groups excluding carboxylic acids is 1. The van der Waals surface area contributed by atoms with Crippen LogP contribution in [0.2, 0.25) is 5.02 Å². The summed E-state index contributed by atoms with van der Waals surface area (Å²) < 4.78 is 5.80. The van der Waals surface area contributed by atoms with E-state index in [4.69, 9.17) is 16.0 Å². The van der Waals surface area contributed by atoms with Crippen molar-refractivity contribution in [1.29, 1.82) is 0 Å². The molecule has 2 aromatic rings. The molecule has 0 radical (unpaired) electrons. The number of benzene rings is 1. The molecule has 4 nitrogen and oxygen atoms in total. The summed E-state index contributed by atoms with van der Waals surface area (Å²) in [5, 5.41) is 4.01. The van der Waals surface area contributed by atoms with E-state index in [1.807, 2.05) is 24.3 Å². The van der Waals surface area contributed by atoms with Crippen LogP contribution >= 0.6 is 11.6 Å². The number of nitrogens with one attached hydrogen (secondary N) is 1. The van der Waals surface area contributed by atoms with Gasteiger partial charge in [0, 0.05) is 29.5 Å². The number of rotatable bonds is 5. The number of halogens is 1. The summed E-state index contributed by atoms with van der Waals surface area (Å²) in [7, 11) is 0. The molecule has 0 spiro atoms. The average molecular weight is 385 g/mol. The Balaban J connectivity index is 1.14. The van der Waals surface area contributed by atoms with Crippen molar-refractivity contribution in [2.24, 2.45) is 23.7 Å². The third kappa shape index (κ3) is 3.29. The molecule has 5 heteroatoms. The van der Waals surface area contributed by atoms with Crippen LogP contribution in [0.15, 0.2) is 34.9 Å². The van der Waals surface area contributed by atoms with Crippen molar-refractivity contribution >= 4 is 17.5 Å². The molecule has 5 unspecified atom stereocenters. The molecule has 3 fully saturated rings. The fourth-order valence-corrected chi connectivity index (χ4v) is 6.03. The zero-order valence-corrected chi connectivity index (χ0v) is 16.1. The van der Waals surface area contributed by atoms with Crippen LogP contribution in [0, 0.1) is 23.7 Å². The van der Waals surface area contributed by atoms with Gasteiger partial charge in [0.25, 0.3) is 0 Å². The van der Waals surface area contributed by atoms with Gasteiger partial charge in [-0.25, -0.2) is 4.98 Å². The molecule has 5 rings (SSSR count). The van der Waals surface area contributed by atoms with Gasteiger partial charge in [-0.2, -0.15) is 0 Å². The van der Waals surface area contributed by atoms with Crippen molar-refractivity contribution in [2.75, 3.05) is 0 Å². The van der Waals surface area contributed by atoms with Gasteiger partial charge >= 0.3 is 0 Å². The van der Waals surface area contributed by atoms with E-state index in [1.165, 1.54) is 32.1 Å². The van der Waals surface area contributed by atoms with Gasteiger partial charge < -0.3 is 9.73 Å². The van der Waals surface area contributed by atoms with Crippen molar-refractivity contribution in [3.63, 3.8) is 0 Å². The number of carbonyl (C=O) groups is 1. The Morgan fingerprint density at radius 1 is 1.15 bits per heavy atom. The Morgan fingerprint density at radius 3 is 2.81 bits per heavy atom. The fraction of sp³-hybridized carbons (Fsp3) is 0.545. The van der Waals surface area contributed by atoms with E-state index in [2.05, 4.69) is 10.3 Å². The number of fused-ring (bicyclic) bond motifs is 5. The first-order valence-electron chi connectivity index (χ1n) is 10.2. The molecule has 3 saturated carbocycles. The minimum Gasteiger partial charge on any atom is -0.441 e. The first kappa shape index (κ1) is 17.3. The maximum atomic E-state index is 12.5. The Kier molecular flexibility index (Phi) is 4.47. The zero-order valence-electron chi connectivity index (χ0n) is 15.4. The third-order valence-corrected chi connectivity index (χ3v) is 7.28. The molecule has 3 aliphatic carbocycles. The van der Waals surface area contributed by atoms with Gasteiger partial charge in [-0.3, -0.25) is 4.79 Å². The van der Waals surface area contributed by atoms with Crippen molar-refractivity contribution in [3.8, 4) is 11.3 Å². The number of aryl methyl sites for hydroxylation is 1. The van der Waals surface area contributed by atoms with Gasteiger partial charge in [-0.1, -0.05) is 18.0 Å². The first-order chi connectivity index (χ1) is 13.2. The lowest BCUT2D eigenvalue weighted by molar-refractivity contribution is -0.122. The molecule has 27 heavy (non-hydrogen) atoms. The lowest BCUT2D eigenvalue weighted by Crippen LogP contribution is -2.42. The maximum absolute atomic E-state index is 12.5. The summed E-state index contributed by atoms with van der Waals surface area (Å²) >= 11 is 5.92. The first-order valence-corrected chi connectivity index (χ1v) is 10.5. The number of hydrogen-bond donors (Lipinski definition) is 1. The van der Waals surface area contributed by atoms with Crippen molar-refractivity contribution in [2.45, 2.75) is 51.0 Å². The highest BCUT2D eigenvalue weighted by atomic mass is 35.5. The van der Waals surface area contributed by atoms with Crippen LogP contribution in [0.1, 0.15) is 44.4 Å². The van der Waals surface area contributed by atoms with Crippen molar-refractivity contribution in [3.05, 3.63) is 41.4 Å². The van der Waals surface area contributed by atoms with Crippen LogP contribution in [0.3, 0.4) is 0 Å². The monoisotopic (exact) mass is 384 g/mol. The van der Waals surface area contributed by atoms with E-state index in [0.717, 1.165) is 29.2 Å². The molecule has 1 N–H and O–H groups in total. The van der Waals surface area contributed by atoms with Crippen LogP contribution in [0.5, 0.6) is 0 Å². The lowest BCUT2D eigenvalue weighted by Gasteiger charge is -2.32. The zero-order chi connectivity index (χ0) is 18.4. The highest BCUT2D eigenvalue weighted by Crippen LogP contribution is 2.58. The normalized spacial score (nSPS) is 31.2. The van der Waals surface area contributed by atoms with Gasteiger partial charge in [0.05, 0.1) is 6.20 Å². The Bertz CT molecular complexity index is 831. The van der Waals surface area contributed by atoms with E-state index in [0.29, 0.717) is 35.6 Å². The van der Waals surface area contributed by atoms with Gasteiger partial charge in [0.15, 0.2) is 11.7 Å². The van der Waals surface area contributed by atoms with Gasteiger partial charge in [0.2, 0.25) is 5.91 Å². The molecule has 5 atom stereocenters. The summed E-state index contributed by atoms with van der Waals surface area (Å²) in [6.45, 7) is 0. The third-order valence-electron chi connectivity index (χ3n) is 7.02. The Labute approximate surface area is 164 Å². The molecule has 142 valence electrons. The molecule has 1 aromatic heterocycles. The highest BCUT2D eigenvalue weighted by molar-refractivity contribution is 6.30. The molecular weight excluding hydrogens is 360 g/mol. The predicted octanol–water partition coefficient (Wildman–Crippen LogP) is 4.87. The van der Waals surface area contributed by atoms with Crippen LogP contribution in [-0.2, 0) is 11.2 Å². The minimum absolute atomic E-state index is 0.133. The summed E-state index contributed by atoms with van der Waals surface area (Å²) in [4.78, 5) is 16.8. The molecule has 1 amide bonds. The smallest absolute Gasteiger partial charge is 0.220 e. The van der Waals surface area contributed by atoms with Crippen molar-refractivity contribution in [1.82, 2.24) is 10.3 Å². The number of nitrogens with zero attached hydrogens (tertiary/aromatic N) is 1. The van der Waals surface area contributed by atoms with E-state index in [-0.39, 0.29) is 5.91 Å². The summed E-state index contributed by atoms with van der Waals surface area (Å²) in [6.07, 6.45) is 9.40. The quantitative estimate of drug-likeness (QED) is 0.800. The summed E-state index contributed by atoms with van der Waals surface area (Å²) in [5.41, 5.74) is 0.940. The van der Waals surface area contributed by atoms with Crippen LogP contribution in [-0.4, -0.2) is 16.9 Å². The van der Waals surface area contributed by atoms with E-state index < -0.39 is 0 Å². The number of oxazole rings is 1. The molecule has 0 aliphatic heterocycles. The van der Waals surface area contributed by atoms with Crippen LogP contribution in [0.4, 0.5) is 0 Å². The second-order valence-corrected chi connectivity index (χ2v) is 8.89. The van der Waals surface area contributed by atoms with E-state index in [9.17, 15) is 4.79 Å². The molecular formula is C22H25ClN2O2. The summed E-state index contributed by atoms with van der Waals surface area (Å²) in [6, 6.07) is 7.87. The van der Waals surface area contributed by atoms with Crippen LogP contribution in [0.25, 0.3) is 11.3 Å². The second-order valence-electron chi connectivity index (χ2n) is 8.45. The Morgan fingerprint density at radius 2 is 1.96 bits per heavy atom. The molecule has 0 saturated heterocycles. The fourth-order valence-electron chi connectivity index (χ4n) is 5.91. The minimum atomic E-state index is 0.133. The number of hydrogen-bond acceptors (Lipinski definition) is 3. The topological polar surface area (TPSA) is 55.1 Å². The second kappa shape index (κ2) is 6.97. The lowest BCUT2D eigenvalue weighted by atomic mass is 9.79. The molecule has 1 aromatic carbocycles. The van der Waals surface area contributed by atoms with Gasteiger partial charge in [-0.05, 0) is 73.6 Å². The largest absolute Gasteiger partial charge is 0.441 e. The molecule has 3 aliphatic rings. The standard InChI is InChI=1S/C22H25ClN2O2/c23-15-6-4-13(5-7-15)20-12-24-22(27-20)9-8-21(26)25-19-11-14-10-18(19)17-3-1-2-16(14)17/h4-7,12,14,16-19H,1-3,8-11H2,(H,25,26). The molecule has 2 bridgehead atoms. The van der Waals surface area contributed by atoms with E-state index >= 15 is 0 Å². The average Bonchev–Trinajstić information content (AvgIpc) is 3.42. The number of amides is 1. The SMILES string of the molecule is O=C(CCc1ncc(-c2ccc(Cl)cc2)o1)NC1CC2CC1C1CCCC21. The Hall–Kier alpha value is -1.81. The van der Waals surface area contributed by atoms with Gasteiger partial charge in [-0.15, -0.1) is 0 Å². The summed E-state index contributed by atoms with van der Waals surface area (Å²) in [5.74, 6) is 4.88. The maximum Gasteiger partial charge on any atom is 0.220 e. The highest BCUT2D eigenvalue weighted by Gasteiger charge is 2.53.